The summed E-state index contributed by atoms with van der Waals surface area (Å²) in [6, 6.07) is 6.41. The molecule has 1 aromatic carbocycles. The number of aliphatic hydroxyl groups is 1. The number of rotatable bonds is 4. The van der Waals surface area contributed by atoms with E-state index in [9.17, 15) is 9.90 Å². The molecule has 1 fully saturated rings. The van der Waals surface area contributed by atoms with Crippen LogP contribution in [0.15, 0.2) is 18.2 Å². The van der Waals surface area contributed by atoms with Crippen LogP contribution in [0.2, 0.25) is 0 Å². The number of carbonyl (C=O) groups is 1. The maximum absolute atomic E-state index is 12.8. The number of benzene rings is 1. The summed E-state index contributed by atoms with van der Waals surface area (Å²) in [5, 5.41) is 10.6. The molecule has 1 amide bonds. The highest BCUT2D eigenvalue weighted by molar-refractivity contribution is 5.99. The Kier molecular flexibility index (Phi) is 4.92. The Morgan fingerprint density at radius 2 is 1.92 bits per heavy atom. The van der Waals surface area contributed by atoms with Gasteiger partial charge in [0.25, 0.3) is 5.91 Å². The molecule has 0 saturated carbocycles. The highest BCUT2D eigenvalue weighted by Gasteiger charge is 2.26. The topological polar surface area (TPSA) is 59.6 Å². The SMILES string of the molecule is CCC(CO)N1CCN(C(=O)c2cc3c(C)cc(C)cc3[nH]2)CC1. The first-order chi connectivity index (χ1) is 11.5. The lowest BCUT2D eigenvalue weighted by Crippen LogP contribution is -2.52. The fourth-order valence-electron chi connectivity index (χ4n) is 3.68. The molecule has 3 rings (SSSR count). The van der Waals surface area contributed by atoms with Crippen molar-refractivity contribution in [1.82, 2.24) is 14.8 Å². The molecule has 5 nitrogen and oxygen atoms in total. The number of carbonyl (C=O) groups excluding carboxylic acids is 1. The van der Waals surface area contributed by atoms with E-state index in [0.29, 0.717) is 18.8 Å². The van der Waals surface area contributed by atoms with Gasteiger partial charge < -0.3 is 15.0 Å². The highest BCUT2D eigenvalue weighted by atomic mass is 16.3. The van der Waals surface area contributed by atoms with E-state index in [4.69, 9.17) is 0 Å². The molecule has 1 aromatic heterocycles. The van der Waals surface area contributed by atoms with Crippen LogP contribution in [0.5, 0.6) is 0 Å². The normalized spacial score (nSPS) is 17.4. The first kappa shape index (κ1) is 17.0. The van der Waals surface area contributed by atoms with Crippen molar-refractivity contribution in [3.63, 3.8) is 0 Å². The zero-order valence-corrected chi connectivity index (χ0v) is 14.8. The highest BCUT2D eigenvalue weighted by Crippen LogP contribution is 2.22. The first-order valence-corrected chi connectivity index (χ1v) is 8.77. The van der Waals surface area contributed by atoms with Gasteiger partial charge in [0.15, 0.2) is 0 Å². The van der Waals surface area contributed by atoms with Crippen LogP contribution in [0, 0.1) is 13.8 Å². The molecule has 5 heteroatoms. The third kappa shape index (κ3) is 3.19. The summed E-state index contributed by atoms with van der Waals surface area (Å²) in [7, 11) is 0. The number of piperazine rings is 1. The van der Waals surface area contributed by atoms with Crippen LogP contribution >= 0.6 is 0 Å². The molecule has 2 heterocycles. The molecular weight excluding hydrogens is 302 g/mol. The second-order valence-corrected chi connectivity index (χ2v) is 6.80. The molecule has 24 heavy (non-hydrogen) atoms. The number of hydrogen-bond donors (Lipinski definition) is 2. The molecular formula is C19H27N3O2. The number of aryl methyl sites for hydroxylation is 2. The van der Waals surface area contributed by atoms with Gasteiger partial charge in [-0.05, 0) is 43.5 Å². The van der Waals surface area contributed by atoms with Gasteiger partial charge in [0.05, 0.1) is 6.61 Å². The molecule has 0 aliphatic carbocycles. The lowest BCUT2D eigenvalue weighted by Gasteiger charge is -2.38. The number of H-pyrrole nitrogens is 1. The van der Waals surface area contributed by atoms with Gasteiger partial charge in [0.2, 0.25) is 0 Å². The Labute approximate surface area is 143 Å². The van der Waals surface area contributed by atoms with E-state index in [1.165, 1.54) is 11.1 Å². The van der Waals surface area contributed by atoms with Crippen LogP contribution in [0.25, 0.3) is 10.9 Å². The minimum absolute atomic E-state index is 0.0694. The minimum atomic E-state index is 0.0694. The second-order valence-electron chi connectivity index (χ2n) is 6.80. The zero-order valence-electron chi connectivity index (χ0n) is 14.8. The molecule has 1 aliphatic heterocycles. The summed E-state index contributed by atoms with van der Waals surface area (Å²) in [5.74, 6) is 0.0694. The molecule has 2 aromatic rings. The average molecular weight is 329 g/mol. The molecule has 0 radical (unpaired) electrons. The van der Waals surface area contributed by atoms with E-state index in [0.717, 1.165) is 30.4 Å². The third-order valence-electron chi connectivity index (χ3n) is 5.12. The van der Waals surface area contributed by atoms with Crippen LogP contribution in [-0.4, -0.2) is 64.6 Å². The number of nitrogens with zero attached hydrogens (tertiary/aromatic N) is 2. The van der Waals surface area contributed by atoms with Crippen molar-refractivity contribution in [1.29, 1.82) is 0 Å². The van der Waals surface area contributed by atoms with Crippen LogP contribution in [-0.2, 0) is 0 Å². The summed E-state index contributed by atoms with van der Waals surface area (Å²) in [6.07, 6.45) is 0.936. The standard InChI is InChI=1S/C19H27N3O2/c1-4-15(12-23)21-5-7-22(8-6-21)19(24)18-11-16-14(3)9-13(2)10-17(16)20-18/h9-11,15,20,23H,4-8,12H2,1-3H3. The molecule has 2 N–H and O–H groups in total. The Bertz CT molecular complexity index is 726. The number of aromatic nitrogens is 1. The zero-order chi connectivity index (χ0) is 17.3. The van der Waals surface area contributed by atoms with E-state index in [1.54, 1.807) is 0 Å². The predicted molar refractivity (Wildman–Crippen MR) is 96.4 cm³/mol. The molecule has 1 saturated heterocycles. The summed E-state index contributed by atoms with van der Waals surface area (Å²) >= 11 is 0. The monoisotopic (exact) mass is 329 g/mol. The molecule has 1 atom stereocenters. The van der Waals surface area contributed by atoms with E-state index < -0.39 is 0 Å². The van der Waals surface area contributed by atoms with Crippen molar-refractivity contribution in [3.05, 3.63) is 35.0 Å². The maximum atomic E-state index is 12.8. The molecule has 130 valence electrons. The predicted octanol–water partition coefficient (Wildman–Crippen LogP) is 2.31. The summed E-state index contributed by atoms with van der Waals surface area (Å²) < 4.78 is 0. The van der Waals surface area contributed by atoms with Gasteiger partial charge >= 0.3 is 0 Å². The Hall–Kier alpha value is -1.85. The summed E-state index contributed by atoms with van der Waals surface area (Å²) in [5.41, 5.74) is 4.09. The lowest BCUT2D eigenvalue weighted by molar-refractivity contribution is 0.0469. The maximum Gasteiger partial charge on any atom is 0.270 e. The van der Waals surface area contributed by atoms with E-state index in [-0.39, 0.29) is 18.6 Å². The number of aliphatic hydroxyl groups excluding tert-OH is 1. The second kappa shape index (κ2) is 6.95. The number of amides is 1. The van der Waals surface area contributed by atoms with Gasteiger partial charge in [-0.2, -0.15) is 0 Å². The van der Waals surface area contributed by atoms with E-state index >= 15 is 0 Å². The smallest absolute Gasteiger partial charge is 0.270 e. The summed E-state index contributed by atoms with van der Waals surface area (Å²) in [4.78, 5) is 20.3. The Morgan fingerprint density at radius 3 is 2.54 bits per heavy atom. The largest absolute Gasteiger partial charge is 0.395 e. The van der Waals surface area contributed by atoms with Gasteiger partial charge in [-0.1, -0.05) is 13.0 Å². The van der Waals surface area contributed by atoms with Crippen molar-refractivity contribution >= 4 is 16.8 Å². The fourth-order valence-corrected chi connectivity index (χ4v) is 3.68. The molecule has 1 aliphatic rings. The first-order valence-electron chi connectivity index (χ1n) is 8.77. The molecule has 0 bridgehead atoms. The van der Waals surface area contributed by atoms with E-state index in [1.807, 2.05) is 11.0 Å². The van der Waals surface area contributed by atoms with Gasteiger partial charge in [0.1, 0.15) is 5.69 Å². The van der Waals surface area contributed by atoms with E-state index in [2.05, 4.69) is 42.8 Å². The lowest BCUT2D eigenvalue weighted by atomic mass is 10.1. The van der Waals surface area contributed by atoms with Gasteiger partial charge in [-0.25, -0.2) is 0 Å². The van der Waals surface area contributed by atoms with Crippen molar-refractivity contribution in [2.24, 2.45) is 0 Å². The van der Waals surface area contributed by atoms with Crippen molar-refractivity contribution in [2.45, 2.75) is 33.2 Å². The number of fused-ring (bicyclic) bond motifs is 1. The van der Waals surface area contributed by atoms with Crippen LogP contribution in [0.3, 0.4) is 0 Å². The summed E-state index contributed by atoms with van der Waals surface area (Å²) in [6.45, 7) is 9.49. The van der Waals surface area contributed by atoms with Gasteiger partial charge in [-0.3, -0.25) is 9.69 Å². The average Bonchev–Trinajstić information content (AvgIpc) is 3.00. The van der Waals surface area contributed by atoms with Crippen molar-refractivity contribution in [3.8, 4) is 0 Å². The van der Waals surface area contributed by atoms with Crippen molar-refractivity contribution < 1.29 is 9.90 Å². The van der Waals surface area contributed by atoms with Gasteiger partial charge in [-0.15, -0.1) is 0 Å². The number of hydrogen-bond acceptors (Lipinski definition) is 3. The minimum Gasteiger partial charge on any atom is -0.395 e. The number of aromatic amines is 1. The molecule has 0 spiro atoms. The van der Waals surface area contributed by atoms with Crippen LogP contribution in [0.4, 0.5) is 0 Å². The van der Waals surface area contributed by atoms with Crippen molar-refractivity contribution in [2.75, 3.05) is 32.8 Å². The van der Waals surface area contributed by atoms with Gasteiger partial charge in [0, 0.05) is 43.1 Å². The third-order valence-corrected chi connectivity index (χ3v) is 5.12. The quantitative estimate of drug-likeness (QED) is 0.905. The van der Waals surface area contributed by atoms with Crippen LogP contribution in [0.1, 0.15) is 35.0 Å². The van der Waals surface area contributed by atoms with Crippen LogP contribution < -0.4 is 0 Å². The fraction of sp³-hybridized carbons (Fsp3) is 0.526. The Balaban J connectivity index is 1.73. The molecule has 1 unspecified atom stereocenters. The Morgan fingerprint density at radius 1 is 1.21 bits per heavy atom. The number of nitrogens with one attached hydrogen (secondary N) is 1.